The second kappa shape index (κ2) is 2.27. The van der Waals surface area contributed by atoms with Gasteiger partial charge in [0, 0.05) is 22.9 Å². The summed E-state index contributed by atoms with van der Waals surface area (Å²) in [5, 5.41) is 0. The van der Waals surface area contributed by atoms with Crippen LogP contribution in [0.15, 0.2) is 0 Å². The number of rotatable bonds is 0. The SMILES string of the molecule is [CH2]C#CC(F)(F)Br. The fraction of sp³-hybridized carbons (Fsp3) is 0.250. The summed E-state index contributed by atoms with van der Waals surface area (Å²) in [6.45, 7) is 2.90. The molecule has 0 aromatic heterocycles. The summed E-state index contributed by atoms with van der Waals surface area (Å²) in [5.74, 6) is 3.32. The summed E-state index contributed by atoms with van der Waals surface area (Å²) in [4.78, 5) is -3.06. The van der Waals surface area contributed by atoms with E-state index in [2.05, 4.69) is 6.92 Å². The van der Waals surface area contributed by atoms with Crippen molar-refractivity contribution in [3.8, 4) is 11.8 Å². The molecule has 3 heteroatoms. The molecule has 1 radical (unpaired) electrons. The molecule has 0 aliphatic rings. The first-order valence-corrected chi connectivity index (χ1v) is 2.21. The van der Waals surface area contributed by atoms with Crippen molar-refractivity contribution in [2.75, 3.05) is 0 Å². The monoisotopic (exact) mass is 167 g/mol. The smallest absolute Gasteiger partial charge is 0.180 e. The Balaban J connectivity index is 3.72. The summed E-state index contributed by atoms with van der Waals surface area (Å²) in [7, 11) is 0. The lowest BCUT2D eigenvalue weighted by Crippen LogP contribution is -1.97. The Labute approximate surface area is 49.0 Å². The highest BCUT2D eigenvalue weighted by molar-refractivity contribution is 9.10. The van der Waals surface area contributed by atoms with E-state index in [9.17, 15) is 8.78 Å². The number of halogens is 3. The minimum atomic E-state index is -3.06. The first-order chi connectivity index (χ1) is 3.06. The van der Waals surface area contributed by atoms with E-state index in [-0.39, 0.29) is 0 Å². The van der Waals surface area contributed by atoms with Crippen molar-refractivity contribution in [3.05, 3.63) is 6.92 Å². The molecular formula is C4H2BrF2. The topological polar surface area (TPSA) is 0 Å². The molecule has 7 heavy (non-hydrogen) atoms. The molecule has 0 N–H and O–H groups in total. The molecule has 0 aliphatic heterocycles. The van der Waals surface area contributed by atoms with Gasteiger partial charge in [-0.1, -0.05) is 5.92 Å². The maximum Gasteiger partial charge on any atom is 0.363 e. The average molecular weight is 168 g/mol. The van der Waals surface area contributed by atoms with Crippen LogP contribution in [0.5, 0.6) is 0 Å². The predicted octanol–water partition coefficient (Wildman–Crippen LogP) is 1.81. The van der Waals surface area contributed by atoms with Crippen LogP contribution in [0.2, 0.25) is 0 Å². The Morgan fingerprint density at radius 2 is 2.00 bits per heavy atom. The molecule has 0 nitrogen and oxygen atoms in total. The zero-order chi connectivity index (χ0) is 5.91. The largest absolute Gasteiger partial charge is 0.363 e. The lowest BCUT2D eigenvalue weighted by Gasteiger charge is -1.92. The minimum absolute atomic E-state index is 1.51. The normalized spacial score (nSPS) is 9.71. The van der Waals surface area contributed by atoms with Gasteiger partial charge in [0.2, 0.25) is 0 Å². The third-order valence-corrected chi connectivity index (χ3v) is 0.428. The van der Waals surface area contributed by atoms with Crippen molar-refractivity contribution in [1.29, 1.82) is 0 Å². The molecule has 0 aliphatic carbocycles. The fourth-order valence-electron chi connectivity index (χ4n) is 0.100. The van der Waals surface area contributed by atoms with Crippen LogP contribution in [0.25, 0.3) is 0 Å². The van der Waals surface area contributed by atoms with Crippen molar-refractivity contribution in [2.24, 2.45) is 0 Å². The van der Waals surface area contributed by atoms with Crippen molar-refractivity contribution in [1.82, 2.24) is 0 Å². The van der Waals surface area contributed by atoms with Crippen LogP contribution in [0, 0.1) is 18.8 Å². The molecule has 0 aromatic carbocycles. The highest BCUT2D eigenvalue weighted by atomic mass is 79.9. The van der Waals surface area contributed by atoms with Crippen LogP contribution < -0.4 is 0 Å². The van der Waals surface area contributed by atoms with Crippen LogP contribution in [-0.4, -0.2) is 4.83 Å². The lowest BCUT2D eigenvalue weighted by atomic mass is 10.6. The molecule has 0 bridgehead atoms. The van der Waals surface area contributed by atoms with Gasteiger partial charge < -0.3 is 0 Å². The molecule has 0 heterocycles. The Bertz CT molecular complexity index is 103. The van der Waals surface area contributed by atoms with E-state index < -0.39 is 4.83 Å². The first-order valence-electron chi connectivity index (χ1n) is 1.42. The third kappa shape index (κ3) is 5.90. The van der Waals surface area contributed by atoms with Gasteiger partial charge in [0.15, 0.2) is 0 Å². The average Bonchev–Trinajstić information content (AvgIpc) is 1.30. The van der Waals surface area contributed by atoms with Crippen LogP contribution in [-0.2, 0) is 0 Å². The zero-order valence-corrected chi connectivity index (χ0v) is 4.93. The molecule has 0 amide bonds. The Hall–Kier alpha value is -0.100. The third-order valence-electron chi connectivity index (χ3n) is 0.230. The molecule has 0 aromatic rings. The molecule has 0 spiro atoms. The fourth-order valence-corrected chi connectivity index (χ4v) is 0.240. The standard InChI is InChI=1S/C4H2BrF2/c1-2-3-4(5,6)7/h1H2. The van der Waals surface area contributed by atoms with E-state index in [0.717, 1.165) is 0 Å². The summed E-state index contributed by atoms with van der Waals surface area (Å²) < 4.78 is 22.9. The van der Waals surface area contributed by atoms with Gasteiger partial charge in [-0.15, -0.1) is 0 Å². The molecular weight excluding hydrogens is 166 g/mol. The van der Waals surface area contributed by atoms with Crippen LogP contribution in [0.3, 0.4) is 0 Å². The van der Waals surface area contributed by atoms with E-state index in [4.69, 9.17) is 0 Å². The van der Waals surface area contributed by atoms with Gasteiger partial charge in [0.1, 0.15) is 0 Å². The molecule has 0 saturated heterocycles. The van der Waals surface area contributed by atoms with Crippen LogP contribution in [0.4, 0.5) is 8.78 Å². The van der Waals surface area contributed by atoms with E-state index in [1.54, 1.807) is 0 Å². The Morgan fingerprint density at radius 3 is 2.00 bits per heavy atom. The molecule has 0 rings (SSSR count). The van der Waals surface area contributed by atoms with Crippen molar-refractivity contribution < 1.29 is 8.78 Å². The van der Waals surface area contributed by atoms with Crippen molar-refractivity contribution >= 4 is 15.9 Å². The Kier molecular flexibility index (Phi) is 2.24. The van der Waals surface area contributed by atoms with Gasteiger partial charge in [0.05, 0.1) is 0 Å². The molecule has 0 saturated carbocycles. The summed E-state index contributed by atoms with van der Waals surface area (Å²) >= 11 is 1.99. The molecule has 0 atom stereocenters. The number of alkyl halides is 3. The van der Waals surface area contributed by atoms with Crippen LogP contribution in [0.1, 0.15) is 0 Å². The van der Waals surface area contributed by atoms with Gasteiger partial charge in [0.25, 0.3) is 0 Å². The van der Waals surface area contributed by atoms with E-state index in [1.165, 1.54) is 5.92 Å². The maximum atomic E-state index is 11.4. The van der Waals surface area contributed by atoms with Crippen LogP contribution >= 0.6 is 15.9 Å². The first kappa shape index (κ1) is 6.90. The molecule has 0 unspecified atom stereocenters. The maximum absolute atomic E-state index is 11.4. The lowest BCUT2D eigenvalue weighted by molar-refractivity contribution is 0.182. The molecule has 0 fully saturated rings. The van der Waals surface area contributed by atoms with Gasteiger partial charge in [-0.25, -0.2) is 0 Å². The Morgan fingerprint density at radius 1 is 1.57 bits per heavy atom. The minimum Gasteiger partial charge on any atom is -0.180 e. The van der Waals surface area contributed by atoms with E-state index in [1.807, 2.05) is 21.9 Å². The highest BCUT2D eigenvalue weighted by Gasteiger charge is 2.18. The zero-order valence-electron chi connectivity index (χ0n) is 3.34. The number of hydrogen-bond acceptors (Lipinski definition) is 0. The molecule has 39 valence electrons. The van der Waals surface area contributed by atoms with E-state index in [0.29, 0.717) is 0 Å². The quantitative estimate of drug-likeness (QED) is 0.382. The summed E-state index contributed by atoms with van der Waals surface area (Å²) in [6.07, 6.45) is 0. The van der Waals surface area contributed by atoms with Gasteiger partial charge >= 0.3 is 4.83 Å². The second-order valence-electron chi connectivity index (χ2n) is 0.800. The summed E-state index contributed by atoms with van der Waals surface area (Å²) in [6, 6.07) is 0. The highest BCUT2D eigenvalue weighted by Crippen LogP contribution is 2.18. The van der Waals surface area contributed by atoms with Crippen molar-refractivity contribution in [3.63, 3.8) is 0 Å². The number of hydrogen-bond donors (Lipinski definition) is 0. The predicted molar refractivity (Wildman–Crippen MR) is 27.0 cm³/mol. The van der Waals surface area contributed by atoms with Gasteiger partial charge in [-0.2, -0.15) is 8.78 Å². The van der Waals surface area contributed by atoms with E-state index >= 15 is 0 Å². The van der Waals surface area contributed by atoms with Gasteiger partial charge in [-0.05, 0) is 5.92 Å². The van der Waals surface area contributed by atoms with Gasteiger partial charge in [-0.3, -0.25) is 0 Å². The summed E-state index contributed by atoms with van der Waals surface area (Å²) in [5.41, 5.74) is 0. The van der Waals surface area contributed by atoms with Crippen molar-refractivity contribution in [2.45, 2.75) is 4.83 Å². The second-order valence-corrected chi connectivity index (χ2v) is 1.80.